The fourth-order valence-electron chi connectivity index (χ4n) is 1.73. The van der Waals surface area contributed by atoms with E-state index in [1.807, 2.05) is 0 Å². The molecule has 0 aliphatic rings. The van der Waals surface area contributed by atoms with Crippen LogP contribution in [-0.2, 0) is 10.0 Å². The predicted octanol–water partition coefficient (Wildman–Crippen LogP) is 3.28. The Labute approximate surface area is 120 Å². The van der Waals surface area contributed by atoms with Gasteiger partial charge in [-0.25, -0.2) is 13.4 Å². The van der Waals surface area contributed by atoms with Crippen molar-refractivity contribution in [2.45, 2.75) is 4.90 Å². The first kappa shape index (κ1) is 13.0. The second kappa shape index (κ2) is 4.81. The highest BCUT2D eigenvalue weighted by atomic mass is 35.5. The molecular formula is C13H9ClN2O3S. The van der Waals surface area contributed by atoms with Crippen LogP contribution in [-0.4, -0.2) is 13.4 Å². The summed E-state index contributed by atoms with van der Waals surface area (Å²) < 4.78 is 32.1. The molecule has 1 heterocycles. The highest BCUT2D eigenvalue weighted by Gasteiger charge is 2.15. The number of hydrogen-bond donors (Lipinski definition) is 1. The van der Waals surface area contributed by atoms with E-state index in [4.69, 9.17) is 16.0 Å². The molecule has 1 aromatic heterocycles. The number of fused-ring (bicyclic) bond motifs is 1. The van der Waals surface area contributed by atoms with Crippen LogP contribution in [0.15, 0.2) is 58.2 Å². The molecule has 0 radical (unpaired) electrons. The van der Waals surface area contributed by atoms with Gasteiger partial charge in [-0.05, 0) is 36.4 Å². The molecule has 0 spiro atoms. The van der Waals surface area contributed by atoms with E-state index in [0.29, 0.717) is 21.8 Å². The van der Waals surface area contributed by atoms with Gasteiger partial charge in [-0.3, -0.25) is 4.72 Å². The van der Waals surface area contributed by atoms with Gasteiger partial charge in [-0.15, -0.1) is 0 Å². The van der Waals surface area contributed by atoms with Gasteiger partial charge < -0.3 is 4.42 Å². The number of benzene rings is 2. The van der Waals surface area contributed by atoms with Crippen LogP contribution in [0.1, 0.15) is 0 Å². The molecule has 3 aromatic rings. The van der Waals surface area contributed by atoms with E-state index in [1.54, 1.807) is 30.3 Å². The van der Waals surface area contributed by atoms with Crippen molar-refractivity contribution >= 4 is 38.4 Å². The lowest BCUT2D eigenvalue weighted by Crippen LogP contribution is -2.12. The summed E-state index contributed by atoms with van der Waals surface area (Å²) in [7, 11) is -3.68. The zero-order valence-electron chi connectivity index (χ0n) is 10.1. The second-order valence-electron chi connectivity index (χ2n) is 4.09. The third-order valence-electron chi connectivity index (χ3n) is 2.71. The van der Waals surface area contributed by atoms with Crippen LogP contribution < -0.4 is 4.72 Å². The molecule has 0 saturated heterocycles. The van der Waals surface area contributed by atoms with Crippen molar-refractivity contribution in [1.82, 2.24) is 4.98 Å². The first-order valence-electron chi connectivity index (χ1n) is 5.66. The van der Waals surface area contributed by atoms with E-state index < -0.39 is 10.0 Å². The Morgan fingerprint density at radius 1 is 1.10 bits per heavy atom. The molecule has 0 fully saturated rings. The molecule has 1 N–H and O–H groups in total. The maximum absolute atomic E-state index is 12.2. The highest BCUT2D eigenvalue weighted by molar-refractivity contribution is 7.92. The Hall–Kier alpha value is -2.05. The fraction of sp³-hybridized carbons (Fsp3) is 0. The van der Waals surface area contributed by atoms with Crippen LogP contribution in [0.5, 0.6) is 0 Å². The van der Waals surface area contributed by atoms with E-state index in [2.05, 4.69) is 9.71 Å². The number of nitrogens with zero attached hydrogens (tertiary/aromatic N) is 1. The molecule has 0 atom stereocenters. The summed E-state index contributed by atoms with van der Waals surface area (Å²) in [5, 5.41) is 0.538. The molecule has 0 unspecified atom stereocenters. The Bertz CT molecular complexity index is 857. The number of sulfonamides is 1. The second-order valence-corrected chi connectivity index (χ2v) is 6.21. The molecule has 2 aromatic carbocycles. The number of halogens is 1. The number of anilines is 1. The average Bonchev–Trinajstić information content (AvgIpc) is 2.88. The van der Waals surface area contributed by atoms with Crippen molar-refractivity contribution in [3.05, 3.63) is 53.9 Å². The standard InChI is InChI=1S/C13H9ClN2O3S/c14-9-1-3-10(4-2-9)16-20(17,18)11-5-6-12-13(7-11)19-8-15-12/h1-8,16H. The number of rotatable bonds is 3. The summed E-state index contributed by atoms with van der Waals surface area (Å²) in [6.07, 6.45) is 1.27. The maximum atomic E-state index is 12.2. The van der Waals surface area contributed by atoms with Gasteiger partial charge in [0.15, 0.2) is 12.0 Å². The van der Waals surface area contributed by atoms with Gasteiger partial charge in [0.25, 0.3) is 10.0 Å². The van der Waals surface area contributed by atoms with Gasteiger partial charge in [-0.1, -0.05) is 11.6 Å². The topological polar surface area (TPSA) is 72.2 Å². The van der Waals surface area contributed by atoms with E-state index in [-0.39, 0.29) is 4.90 Å². The van der Waals surface area contributed by atoms with Crippen molar-refractivity contribution in [2.24, 2.45) is 0 Å². The van der Waals surface area contributed by atoms with E-state index in [0.717, 1.165) is 0 Å². The Morgan fingerprint density at radius 2 is 1.85 bits per heavy atom. The fourth-order valence-corrected chi connectivity index (χ4v) is 2.93. The summed E-state index contributed by atoms with van der Waals surface area (Å²) >= 11 is 5.76. The lowest BCUT2D eigenvalue weighted by atomic mass is 10.3. The van der Waals surface area contributed by atoms with Crippen LogP contribution in [0.2, 0.25) is 5.02 Å². The summed E-state index contributed by atoms with van der Waals surface area (Å²) in [6, 6.07) is 10.9. The molecule has 102 valence electrons. The van der Waals surface area contributed by atoms with Crippen LogP contribution in [0.3, 0.4) is 0 Å². The summed E-state index contributed by atoms with van der Waals surface area (Å²) in [6.45, 7) is 0. The van der Waals surface area contributed by atoms with Crippen molar-refractivity contribution in [3.63, 3.8) is 0 Å². The highest BCUT2D eigenvalue weighted by Crippen LogP contribution is 2.21. The minimum Gasteiger partial charge on any atom is -0.443 e. The van der Waals surface area contributed by atoms with E-state index >= 15 is 0 Å². The van der Waals surface area contributed by atoms with E-state index in [9.17, 15) is 8.42 Å². The smallest absolute Gasteiger partial charge is 0.262 e. The number of aromatic nitrogens is 1. The number of hydrogen-bond acceptors (Lipinski definition) is 4. The summed E-state index contributed by atoms with van der Waals surface area (Å²) in [5.74, 6) is 0. The molecule has 0 saturated carbocycles. The summed E-state index contributed by atoms with van der Waals surface area (Å²) in [4.78, 5) is 4.05. The van der Waals surface area contributed by atoms with Crippen molar-refractivity contribution in [3.8, 4) is 0 Å². The van der Waals surface area contributed by atoms with Crippen LogP contribution in [0.25, 0.3) is 11.1 Å². The van der Waals surface area contributed by atoms with Gasteiger partial charge in [0.2, 0.25) is 0 Å². The van der Waals surface area contributed by atoms with Gasteiger partial charge >= 0.3 is 0 Å². The van der Waals surface area contributed by atoms with Gasteiger partial charge in [0.1, 0.15) is 5.52 Å². The molecule has 5 nitrogen and oxygen atoms in total. The molecule has 0 amide bonds. The zero-order chi connectivity index (χ0) is 14.2. The number of nitrogens with one attached hydrogen (secondary N) is 1. The van der Waals surface area contributed by atoms with Gasteiger partial charge in [-0.2, -0.15) is 0 Å². The van der Waals surface area contributed by atoms with Gasteiger partial charge in [0, 0.05) is 16.8 Å². The van der Waals surface area contributed by atoms with Crippen molar-refractivity contribution < 1.29 is 12.8 Å². The predicted molar refractivity (Wildman–Crippen MR) is 76.3 cm³/mol. The van der Waals surface area contributed by atoms with Crippen LogP contribution in [0.4, 0.5) is 5.69 Å². The lowest BCUT2D eigenvalue weighted by molar-refractivity contribution is 0.594. The first-order chi connectivity index (χ1) is 9.54. The molecule has 7 heteroatoms. The monoisotopic (exact) mass is 308 g/mol. The van der Waals surface area contributed by atoms with Crippen LogP contribution >= 0.6 is 11.6 Å². The largest absolute Gasteiger partial charge is 0.443 e. The first-order valence-corrected chi connectivity index (χ1v) is 7.52. The van der Waals surface area contributed by atoms with E-state index in [1.165, 1.54) is 18.5 Å². The molecular weight excluding hydrogens is 300 g/mol. The molecule has 0 bridgehead atoms. The Morgan fingerprint density at radius 3 is 2.60 bits per heavy atom. The third-order valence-corrected chi connectivity index (χ3v) is 4.34. The summed E-state index contributed by atoms with van der Waals surface area (Å²) in [5.41, 5.74) is 1.46. The van der Waals surface area contributed by atoms with Crippen molar-refractivity contribution in [2.75, 3.05) is 4.72 Å². The molecule has 3 rings (SSSR count). The SMILES string of the molecule is O=S(=O)(Nc1ccc(Cl)cc1)c1ccc2ncoc2c1. The maximum Gasteiger partial charge on any atom is 0.262 e. The molecule has 20 heavy (non-hydrogen) atoms. The zero-order valence-corrected chi connectivity index (χ0v) is 11.6. The van der Waals surface area contributed by atoms with Crippen LogP contribution in [0, 0.1) is 0 Å². The average molecular weight is 309 g/mol. The quantitative estimate of drug-likeness (QED) is 0.806. The normalized spacial score (nSPS) is 11.7. The van der Waals surface area contributed by atoms with Crippen molar-refractivity contribution in [1.29, 1.82) is 0 Å². The Kier molecular flexibility index (Phi) is 3.11. The molecule has 0 aliphatic heterocycles. The molecule has 0 aliphatic carbocycles. The lowest BCUT2D eigenvalue weighted by Gasteiger charge is -2.07. The minimum absolute atomic E-state index is 0.108. The Balaban J connectivity index is 1.96. The van der Waals surface area contributed by atoms with Gasteiger partial charge in [0.05, 0.1) is 4.90 Å². The minimum atomic E-state index is -3.68. The number of oxazole rings is 1. The third kappa shape index (κ3) is 2.48.